The Morgan fingerprint density at radius 1 is 1.00 bits per heavy atom. The molecule has 1 N–H and O–H groups in total. The van der Waals surface area contributed by atoms with E-state index >= 15 is 0 Å². The lowest BCUT2D eigenvalue weighted by Crippen LogP contribution is -2.23. The number of hydrogen-bond donors (Lipinski definition) is 1. The van der Waals surface area contributed by atoms with Gasteiger partial charge in [0.15, 0.2) is 0 Å². The van der Waals surface area contributed by atoms with Crippen LogP contribution < -0.4 is 5.32 Å². The number of halogens is 1. The summed E-state index contributed by atoms with van der Waals surface area (Å²) in [6.07, 6.45) is 3.12. The summed E-state index contributed by atoms with van der Waals surface area (Å²) < 4.78 is 0. The molecule has 0 heterocycles. The Bertz CT molecular complexity index is 666. The zero-order valence-electron chi connectivity index (χ0n) is 13.9. The molecule has 0 spiro atoms. The number of nitrogens with one attached hydrogen (secondary N) is 1. The predicted octanol–water partition coefficient (Wildman–Crippen LogP) is 4.71. The number of carbonyl (C=O) groups is 1. The van der Waals surface area contributed by atoms with E-state index in [0.717, 1.165) is 23.4 Å². The van der Waals surface area contributed by atoms with Gasteiger partial charge in [-0.15, -0.1) is 0 Å². The third kappa shape index (κ3) is 5.11. The molecule has 2 nitrogen and oxygen atoms in total. The molecule has 2 aromatic rings. The normalized spacial score (nSPS) is 10.6. The molecular formula is C20H24ClNO. The standard InChI is InChI=1S/C20H24ClNO/c1-3-15-9-10-16(4-2)18(13-15)14-22-20(23)12-11-17-7-5-6-8-19(17)21/h5-10,13H,3-4,11-12,14H2,1-2H3,(H,22,23). The largest absolute Gasteiger partial charge is 0.352 e. The number of carbonyl (C=O) groups excluding carboxylic acids is 1. The summed E-state index contributed by atoms with van der Waals surface area (Å²) in [5.74, 6) is 0.0638. The summed E-state index contributed by atoms with van der Waals surface area (Å²) in [4.78, 5) is 12.1. The fourth-order valence-electron chi connectivity index (χ4n) is 2.64. The van der Waals surface area contributed by atoms with Crippen molar-refractivity contribution >= 4 is 17.5 Å². The molecule has 0 bridgehead atoms. The second kappa shape index (κ2) is 8.73. The first-order chi connectivity index (χ1) is 11.1. The van der Waals surface area contributed by atoms with Crippen molar-refractivity contribution in [3.63, 3.8) is 0 Å². The predicted molar refractivity (Wildman–Crippen MR) is 96.8 cm³/mol. The molecule has 2 rings (SSSR count). The summed E-state index contributed by atoms with van der Waals surface area (Å²) >= 11 is 6.12. The molecule has 3 heteroatoms. The summed E-state index contributed by atoms with van der Waals surface area (Å²) in [6, 6.07) is 14.2. The van der Waals surface area contributed by atoms with E-state index < -0.39 is 0 Å². The van der Waals surface area contributed by atoms with Gasteiger partial charge < -0.3 is 5.32 Å². The molecule has 0 aliphatic carbocycles. The first-order valence-corrected chi connectivity index (χ1v) is 8.62. The van der Waals surface area contributed by atoms with Crippen LogP contribution in [0.3, 0.4) is 0 Å². The van der Waals surface area contributed by atoms with E-state index in [0.29, 0.717) is 19.4 Å². The van der Waals surface area contributed by atoms with Crippen LogP contribution in [0.5, 0.6) is 0 Å². The fraction of sp³-hybridized carbons (Fsp3) is 0.350. The molecular weight excluding hydrogens is 306 g/mol. The first-order valence-electron chi connectivity index (χ1n) is 8.24. The lowest BCUT2D eigenvalue weighted by molar-refractivity contribution is -0.121. The van der Waals surface area contributed by atoms with Crippen LogP contribution in [0.4, 0.5) is 0 Å². The highest BCUT2D eigenvalue weighted by molar-refractivity contribution is 6.31. The van der Waals surface area contributed by atoms with Gasteiger partial charge in [0.05, 0.1) is 0 Å². The molecule has 0 saturated carbocycles. The molecule has 0 aliphatic heterocycles. The van der Waals surface area contributed by atoms with Crippen LogP contribution in [0.25, 0.3) is 0 Å². The lowest BCUT2D eigenvalue weighted by atomic mass is 10.0. The van der Waals surface area contributed by atoms with Crippen molar-refractivity contribution < 1.29 is 4.79 Å². The number of amides is 1. The van der Waals surface area contributed by atoms with E-state index in [4.69, 9.17) is 11.6 Å². The minimum absolute atomic E-state index is 0.0638. The quantitative estimate of drug-likeness (QED) is 0.782. The van der Waals surface area contributed by atoms with Gasteiger partial charge in [0, 0.05) is 18.0 Å². The maximum Gasteiger partial charge on any atom is 0.220 e. The van der Waals surface area contributed by atoms with Gasteiger partial charge in [0.2, 0.25) is 5.91 Å². The molecule has 0 atom stereocenters. The SMILES string of the molecule is CCc1ccc(CC)c(CNC(=O)CCc2ccccc2Cl)c1. The van der Waals surface area contributed by atoms with Crippen molar-refractivity contribution in [1.29, 1.82) is 0 Å². The molecule has 0 fully saturated rings. The van der Waals surface area contributed by atoms with Gasteiger partial charge >= 0.3 is 0 Å². The van der Waals surface area contributed by atoms with Gasteiger partial charge in [-0.2, -0.15) is 0 Å². The Morgan fingerprint density at radius 2 is 1.78 bits per heavy atom. The Kier molecular flexibility index (Phi) is 6.66. The Labute approximate surface area is 143 Å². The summed E-state index contributed by atoms with van der Waals surface area (Å²) in [5.41, 5.74) is 4.85. The highest BCUT2D eigenvalue weighted by atomic mass is 35.5. The van der Waals surface area contributed by atoms with E-state index in [-0.39, 0.29) is 5.91 Å². The smallest absolute Gasteiger partial charge is 0.220 e. The second-order valence-electron chi connectivity index (χ2n) is 5.68. The van der Waals surface area contributed by atoms with Crippen LogP contribution in [0.15, 0.2) is 42.5 Å². The van der Waals surface area contributed by atoms with Gasteiger partial charge in [0.1, 0.15) is 0 Å². The van der Waals surface area contributed by atoms with Crippen LogP contribution >= 0.6 is 11.6 Å². The van der Waals surface area contributed by atoms with Crippen LogP contribution in [-0.2, 0) is 30.6 Å². The van der Waals surface area contributed by atoms with Crippen molar-refractivity contribution in [2.24, 2.45) is 0 Å². The molecule has 2 aromatic carbocycles. The Balaban J connectivity index is 1.90. The van der Waals surface area contributed by atoms with Crippen molar-refractivity contribution in [2.75, 3.05) is 0 Å². The first kappa shape index (κ1) is 17.6. The molecule has 0 radical (unpaired) electrons. The fourth-order valence-corrected chi connectivity index (χ4v) is 2.87. The highest BCUT2D eigenvalue weighted by Gasteiger charge is 2.07. The number of aryl methyl sites for hydroxylation is 3. The van der Waals surface area contributed by atoms with Crippen molar-refractivity contribution in [3.05, 3.63) is 69.7 Å². The molecule has 0 saturated heterocycles. The molecule has 0 aromatic heterocycles. The summed E-state index contributed by atoms with van der Waals surface area (Å²) in [6.45, 7) is 4.88. The lowest BCUT2D eigenvalue weighted by Gasteiger charge is -2.11. The van der Waals surface area contributed by atoms with Crippen molar-refractivity contribution in [1.82, 2.24) is 5.32 Å². The summed E-state index contributed by atoms with van der Waals surface area (Å²) in [5, 5.41) is 3.76. The molecule has 0 aliphatic rings. The molecule has 0 unspecified atom stereocenters. The third-order valence-corrected chi connectivity index (χ3v) is 4.48. The maximum absolute atomic E-state index is 12.1. The molecule has 23 heavy (non-hydrogen) atoms. The molecule has 122 valence electrons. The van der Waals surface area contributed by atoms with Crippen LogP contribution in [0, 0.1) is 0 Å². The van der Waals surface area contributed by atoms with Gasteiger partial charge in [-0.25, -0.2) is 0 Å². The van der Waals surface area contributed by atoms with Gasteiger partial charge in [-0.05, 0) is 47.6 Å². The van der Waals surface area contributed by atoms with Gasteiger partial charge in [0.25, 0.3) is 0 Å². The van der Waals surface area contributed by atoms with E-state index in [1.54, 1.807) is 0 Å². The topological polar surface area (TPSA) is 29.1 Å². The van der Waals surface area contributed by atoms with Gasteiger partial charge in [-0.3, -0.25) is 4.79 Å². The van der Waals surface area contributed by atoms with Crippen LogP contribution in [-0.4, -0.2) is 5.91 Å². The summed E-state index contributed by atoms with van der Waals surface area (Å²) in [7, 11) is 0. The average molecular weight is 330 g/mol. The van der Waals surface area contributed by atoms with E-state index in [2.05, 4.69) is 37.4 Å². The zero-order valence-corrected chi connectivity index (χ0v) is 14.6. The zero-order chi connectivity index (χ0) is 16.7. The number of hydrogen-bond acceptors (Lipinski definition) is 1. The van der Waals surface area contributed by atoms with E-state index in [1.165, 1.54) is 16.7 Å². The highest BCUT2D eigenvalue weighted by Crippen LogP contribution is 2.17. The number of benzene rings is 2. The van der Waals surface area contributed by atoms with Crippen LogP contribution in [0.1, 0.15) is 42.5 Å². The monoisotopic (exact) mass is 329 g/mol. The van der Waals surface area contributed by atoms with Crippen LogP contribution in [0.2, 0.25) is 5.02 Å². The minimum atomic E-state index is 0.0638. The average Bonchev–Trinajstić information content (AvgIpc) is 2.58. The number of rotatable bonds is 7. The van der Waals surface area contributed by atoms with Crippen molar-refractivity contribution in [2.45, 2.75) is 46.1 Å². The Hall–Kier alpha value is -1.80. The van der Waals surface area contributed by atoms with E-state index in [1.807, 2.05) is 24.3 Å². The molecule has 1 amide bonds. The van der Waals surface area contributed by atoms with Crippen molar-refractivity contribution in [3.8, 4) is 0 Å². The maximum atomic E-state index is 12.1. The third-order valence-electron chi connectivity index (χ3n) is 4.12. The second-order valence-corrected chi connectivity index (χ2v) is 6.09. The van der Waals surface area contributed by atoms with Gasteiger partial charge in [-0.1, -0.05) is 61.8 Å². The Morgan fingerprint density at radius 3 is 2.48 bits per heavy atom. The minimum Gasteiger partial charge on any atom is -0.352 e. The van der Waals surface area contributed by atoms with E-state index in [9.17, 15) is 4.79 Å².